The number of benzene rings is 1. The molecule has 0 amide bonds. The third-order valence-corrected chi connectivity index (χ3v) is 2.75. The van der Waals surface area contributed by atoms with Crippen LogP contribution in [-0.4, -0.2) is 21.3 Å². The normalized spacial score (nSPS) is 10.6. The number of unbranched alkanes of at least 4 members (excludes halogenated alkanes) is 1. The molecule has 1 aromatic carbocycles. The number of carbonyl (C=O) groups is 1. The van der Waals surface area contributed by atoms with Gasteiger partial charge >= 0.3 is 0 Å². The molecule has 0 N–H and O–H groups in total. The monoisotopic (exact) mass is 247 g/mol. The van der Waals surface area contributed by atoms with Gasteiger partial charge in [0.25, 0.3) is 0 Å². The molecule has 94 valence electrons. The topological polar surface area (TPSA) is 47.8 Å². The quantitative estimate of drug-likeness (QED) is 0.763. The average molecular weight is 247 g/mol. The van der Waals surface area contributed by atoms with Crippen LogP contribution in [0.3, 0.4) is 0 Å². The van der Waals surface area contributed by atoms with Crippen molar-refractivity contribution in [3.05, 3.63) is 41.5 Å². The van der Waals surface area contributed by atoms with Crippen molar-refractivity contribution in [1.82, 2.24) is 15.0 Å². The maximum atomic E-state index is 13.7. The molecule has 4 nitrogen and oxygen atoms in total. The molecule has 0 atom stereocenters. The second kappa shape index (κ2) is 5.53. The van der Waals surface area contributed by atoms with Crippen LogP contribution in [0.2, 0.25) is 0 Å². The van der Waals surface area contributed by atoms with E-state index in [2.05, 4.69) is 17.2 Å². The highest BCUT2D eigenvalue weighted by atomic mass is 19.1. The van der Waals surface area contributed by atoms with Gasteiger partial charge in [0.15, 0.2) is 6.29 Å². The summed E-state index contributed by atoms with van der Waals surface area (Å²) in [6, 6.07) is 6.32. The summed E-state index contributed by atoms with van der Waals surface area (Å²) in [6.45, 7) is 2.05. The van der Waals surface area contributed by atoms with Crippen molar-refractivity contribution in [3.63, 3.8) is 0 Å². The predicted molar refractivity (Wildman–Crippen MR) is 65.3 cm³/mol. The van der Waals surface area contributed by atoms with Crippen LogP contribution in [0.5, 0.6) is 0 Å². The first-order chi connectivity index (χ1) is 8.77. The second-order valence-electron chi connectivity index (χ2n) is 4.01. The van der Waals surface area contributed by atoms with E-state index in [9.17, 15) is 9.18 Å². The zero-order valence-electron chi connectivity index (χ0n) is 10.1. The fraction of sp³-hybridized carbons (Fsp3) is 0.308. The van der Waals surface area contributed by atoms with E-state index in [1.807, 2.05) is 0 Å². The van der Waals surface area contributed by atoms with Crippen molar-refractivity contribution in [2.75, 3.05) is 0 Å². The molecule has 0 unspecified atom stereocenters. The molecule has 0 radical (unpaired) electrons. The fourth-order valence-corrected chi connectivity index (χ4v) is 1.80. The summed E-state index contributed by atoms with van der Waals surface area (Å²) in [6.07, 6.45) is 3.21. The lowest BCUT2D eigenvalue weighted by Crippen LogP contribution is -2.05. The van der Waals surface area contributed by atoms with Crippen LogP contribution < -0.4 is 0 Å². The number of aldehydes is 1. The Labute approximate surface area is 104 Å². The Balaban J connectivity index is 2.47. The number of hydrogen-bond donors (Lipinski definition) is 0. The number of halogens is 1. The summed E-state index contributed by atoms with van der Waals surface area (Å²) in [5.74, 6) is -0.377. The predicted octanol–water partition coefficient (Wildman–Crippen LogP) is 2.56. The number of nitrogens with zero attached hydrogens (tertiary/aromatic N) is 3. The van der Waals surface area contributed by atoms with Crippen LogP contribution in [0.25, 0.3) is 5.69 Å². The van der Waals surface area contributed by atoms with Crippen molar-refractivity contribution >= 4 is 6.29 Å². The molecule has 2 rings (SSSR count). The summed E-state index contributed by atoms with van der Waals surface area (Å²) in [7, 11) is 0. The number of carbonyl (C=O) groups excluding carboxylic acids is 1. The molecular formula is C13H14FN3O. The molecule has 0 aliphatic carbocycles. The highest BCUT2D eigenvalue weighted by Gasteiger charge is 2.15. The van der Waals surface area contributed by atoms with E-state index in [4.69, 9.17) is 0 Å². The first-order valence-electron chi connectivity index (χ1n) is 5.92. The van der Waals surface area contributed by atoms with E-state index in [1.54, 1.807) is 18.2 Å². The van der Waals surface area contributed by atoms with Gasteiger partial charge in [0.1, 0.15) is 17.2 Å². The molecule has 2 aromatic rings. The van der Waals surface area contributed by atoms with E-state index in [0.717, 1.165) is 12.8 Å². The third kappa shape index (κ3) is 2.30. The molecule has 0 aliphatic heterocycles. The van der Waals surface area contributed by atoms with Crippen molar-refractivity contribution in [2.45, 2.75) is 26.2 Å². The van der Waals surface area contributed by atoms with Crippen LogP contribution in [0.4, 0.5) is 4.39 Å². The van der Waals surface area contributed by atoms with Crippen LogP contribution in [0, 0.1) is 5.82 Å². The van der Waals surface area contributed by atoms with Gasteiger partial charge in [0.05, 0.1) is 5.69 Å². The Morgan fingerprint density at radius 2 is 2.17 bits per heavy atom. The van der Waals surface area contributed by atoms with Gasteiger partial charge in [0, 0.05) is 0 Å². The number of para-hydroxylation sites is 1. The van der Waals surface area contributed by atoms with Crippen LogP contribution in [-0.2, 0) is 6.42 Å². The first kappa shape index (κ1) is 12.4. The van der Waals surface area contributed by atoms with E-state index in [1.165, 1.54) is 10.7 Å². The Hall–Kier alpha value is -2.04. The number of rotatable bonds is 5. The molecule has 0 spiro atoms. The van der Waals surface area contributed by atoms with Crippen LogP contribution in [0.1, 0.15) is 35.9 Å². The van der Waals surface area contributed by atoms with E-state index in [-0.39, 0.29) is 11.5 Å². The van der Waals surface area contributed by atoms with Gasteiger partial charge in [-0.15, -0.1) is 5.10 Å². The minimum Gasteiger partial charge on any atom is -0.296 e. The van der Waals surface area contributed by atoms with Gasteiger partial charge in [0.2, 0.25) is 0 Å². The van der Waals surface area contributed by atoms with Crippen LogP contribution in [0.15, 0.2) is 24.3 Å². The van der Waals surface area contributed by atoms with Gasteiger partial charge in [-0.3, -0.25) is 4.79 Å². The van der Waals surface area contributed by atoms with Gasteiger partial charge in [-0.1, -0.05) is 30.7 Å². The van der Waals surface area contributed by atoms with Crippen LogP contribution >= 0.6 is 0 Å². The Kier molecular flexibility index (Phi) is 3.82. The van der Waals surface area contributed by atoms with Crippen molar-refractivity contribution in [2.24, 2.45) is 0 Å². The largest absolute Gasteiger partial charge is 0.296 e. The molecule has 0 saturated carbocycles. The van der Waals surface area contributed by atoms with Crippen molar-refractivity contribution in [1.29, 1.82) is 0 Å². The summed E-state index contributed by atoms with van der Waals surface area (Å²) in [5, 5.41) is 7.65. The lowest BCUT2D eigenvalue weighted by Gasteiger charge is -2.07. The molecule has 0 saturated heterocycles. The fourth-order valence-electron chi connectivity index (χ4n) is 1.80. The summed E-state index contributed by atoms with van der Waals surface area (Å²) in [4.78, 5) is 10.9. The summed E-state index contributed by atoms with van der Waals surface area (Å²) in [5.41, 5.74) is 1.27. The molecule has 0 bridgehead atoms. The summed E-state index contributed by atoms with van der Waals surface area (Å²) >= 11 is 0. The Morgan fingerprint density at radius 3 is 2.83 bits per heavy atom. The average Bonchev–Trinajstić information content (AvgIpc) is 2.79. The van der Waals surface area contributed by atoms with Gasteiger partial charge in [-0.2, -0.15) is 0 Å². The Bertz CT molecular complexity index is 551. The van der Waals surface area contributed by atoms with Crippen molar-refractivity contribution < 1.29 is 9.18 Å². The minimum absolute atomic E-state index is 0.284. The maximum absolute atomic E-state index is 13.7. The molecule has 18 heavy (non-hydrogen) atoms. The van der Waals surface area contributed by atoms with Crippen molar-refractivity contribution in [3.8, 4) is 5.69 Å². The molecular weight excluding hydrogens is 233 g/mol. The van der Waals surface area contributed by atoms with E-state index in [0.29, 0.717) is 24.1 Å². The second-order valence-corrected chi connectivity index (χ2v) is 4.01. The zero-order chi connectivity index (χ0) is 13.0. The number of aromatic nitrogens is 3. The molecule has 1 aromatic heterocycles. The number of hydrogen-bond acceptors (Lipinski definition) is 3. The molecule has 5 heteroatoms. The van der Waals surface area contributed by atoms with Gasteiger partial charge in [-0.05, 0) is 25.0 Å². The summed E-state index contributed by atoms with van der Waals surface area (Å²) < 4.78 is 15.1. The van der Waals surface area contributed by atoms with Gasteiger partial charge in [-0.25, -0.2) is 9.07 Å². The lowest BCUT2D eigenvalue weighted by atomic mass is 10.1. The maximum Gasteiger partial charge on any atom is 0.172 e. The zero-order valence-corrected chi connectivity index (χ0v) is 10.1. The standard InChI is InChI=1S/C13H14FN3O/c1-2-3-7-13-11(9-18)15-16-17(13)12-8-5-4-6-10(12)14/h4-6,8-9H,2-3,7H2,1H3. The third-order valence-electron chi connectivity index (χ3n) is 2.75. The lowest BCUT2D eigenvalue weighted by molar-refractivity contribution is 0.111. The minimum atomic E-state index is -0.377. The highest BCUT2D eigenvalue weighted by Crippen LogP contribution is 2.17. The first-order valence-corrected chi connectivity index (χ1v) is 5.92. The molecule has 1 heterocycles. The highest BCUT2D eigenvalue weighted by molar-refractivity contribution is 5.73. The smallest absolute Gasteiger partial charge is 0.172 e. The molecule has 0 fully saturated rings. The SMILES string of the molecule is CCCCc1c(C=O)nnn1-c1ccccc1F. The van der Waals surface area contributed by atoms with E-state index >= 15 is 0 Å². The molecule has 0 aliphatic rings. The van der Waals surface area contributed by atoms with Gasteiger partial charge < -0.3 is 0 Å². The Morgan fingerprint density at radius 1 is 1.39 bits per heavy atom. The van der Waals surface area contributed by atoms with E-state index < -0.39 is 0 Å².